The predicted molar refractivity (Wildman–Crippen MR) is 82.8 cm³/mol. The lowest BCUT2D eigenvalue weighted by Gasteiger charge is -2.09. The Bertz CT molecular complexity index is 750. The van der Waals surface area contributed by atoms with Crippen LogP contribution < -0.4 is 10.1 Å². The van der Waals surface area contributed by atoms with Crippen LogP contribution in [0.15, 0.2) is 24.3 Å². The van der Waals surface area contributed by atoms with Gasteiger partial charge >= 0.3 is 5.97 Å². The number of aryl methyl sites for hydroxylation is 1. The van der Waals surface area contributed by atoms with Crippen LogP contribution >= 0.6 is 0 Å². The molecule has 23 heavy (non-hydrogen) atoms. The van der Waals surface area contributed by atoms with Crippen LogP contribution in [0.3, 0.4) is 0 Å². The van der Waals surface area contributed by atoms with Crippen LogP contribution in [0.4, 0.5) is 5.69 Å². The molecular weight excluding hydrogens is 298 g/mol. The Kier molecular flexibility index (Phi) is 4.01. The zero-order valence-electron chi connectivity index (χ0n) is 12.6. The number of carboxylic acid groups (broad SMARTS) is 1. The molecule has 1 aromatic heterocycles. The van der Waals surface area contributed by atoms with Gasteiger partial charge in [0.2, 0.25) is 0 Å². The first kappa shape index (κ1) is 15.1. The summed E-state index contributed by atoms with van der Waals surface area (Å²) in [6.07, 6.45) is 2.28. The van der Waals surface area contributed by atoms with Crippen molar-refractivity contribution in [1.29, 1.82) is 0 Å². The molecule has 7 nitrogen and oxygen atoms in total. The molecule has 0 atom stereocenters. The van der Waals surface area contributed by atoms with E-state index in [0.717, 1.165) is 24.1 Å². The van der Waals surface area contributed by atoms with E-state index in [1.165, 1.54) is 0 Å². The smallest absolute Gasteiger partial charge is 0.341 e. The summed E-state index contributed by atoms with van der Waals surface area (Å²) < 4.78 is 5.10. The molecule has 3 N–H and O–H groups in total. The molecule has 0 bridgehead atoms. The molecule has 7 heteroatoms. The van der Waals surface area contributed by atoms with E-state index in [-0.39, 0.29) is 5.91 Å². The Morgan fingerprint density at radius 2 is 2.17 bits per heavy atom. The molecule has 0 aliphatic heterocycles. The average Bonchev–Trinajstić information content (AvgIpc) is 3.24. The van der Waals surface area contributed by atoms with Crippen molar-refractivity contribution < 1.29 is 19.4 Å². The van der Waals surface area contributed by atoms with E-state index in [1.807, 2.05) is 6.92 Å². The van der Waals surface area contributed by atoms with Crippen molar-refractivity contribution in [3.8, 4) is 5.75 Å². The van der Waals surface area contributed by atoms with Crippen molar-refractivity contribution in [2.24, 2.45) is 0 Å². The highest BCUT2D eigenvalue weighted by atomic mass is 16.5. The second-order valence-electron chi connectivity index (χ2n) is 5.60. The quantitative estimate of drug-likeness (QED) is 0.759. The fraction of sp³-hybridized carbons (Fsp3) is 0.312. The fourth-order valence-corrected chi connectivity index (χ4v) is 2.25. The highest BCUT2D eigenvalue weighted by Gasteiger charge is 2.26. The number of benzene rings is 1. The van der Waals surface area contributed by atoms with Crippen LogP contribution in [0, 0.1) is 6.92 Å². The van der Waals surface area contributed by atoms with Gasteiger partial charge in [0.25, 0.3) is 5.91 Å². The number of hydrogen-bond acceptors (Lipinski definition) is 4. The number of nitrogens with zero attached hydrogens (tertiary/aromatic N) is 1. The predicted octanol–water partition coefficient (Wildman–Crippen LogP) is 2.31. The van der Waals surface area contributed by atoms with Crippen LogP contribution in [0.5, 0.6) is 5.75 Å². The van der Waals surface area contributed by atoms with Crippen LogP contribution in [0.1, 0.15) is 40.5 Å². The topological polar surface area (TPSA) is 104 Å². The van der Waals surface area contributed by atoms with E-state index >= 15 is 0 Å². The van der Waals surface area contributed by atoms with Crippen molar-refractivity contribution in [3.05, 3.63) is 41.2 Å². The molecule has 0 spiro atoms. The lowest BCUT2D eigenvalue weighted by atomic mass is 10.2. The molecule has 3 rings (SSSR count). The van der Waals surface area contributed by atoms with Gasteiger partial charge < -0.3 is 15.2 Å². The number of carboxylic acids is 1. The first-order chi connectivity index (χ1) is 11.0. The second kappa shape index (κ2) is 6.12. The standard InChI is InChI=1S/C16H17N3O4/c1-9-6-11(23-8-15(20)21)4-5-12(9)17-16(22)14-7-13(18-19-14)10-2-3-10/h4-7,10H,2-3,8H2,1H3,(H,17,22)(H,18,19)(H,20,21). The lowest BCUT2D eigenvalue weighted by Crippen LogP contribution is -2.13. The van der Waals surface area contributed by atoms with Crippen LogP contribution in [-0.4, -0.2) is 33.8 Å². The lowest BCUT2D eigenvalue weighted by molar-refractivity contribution is -0.139. The molecule has 1 aliphatic rings. The number of aromatic nitrogens is 2. The Balaban J connectivity index is 1.66. The largest absolute Gasteiger partial charge is 0.482 e. The van der Waals surface area contributed by atoms with Gasteiger partial charge in [0.15, 0.2) is 12.3 Å². The van der Waals surface area contributed by atoms with Crippen LogP contribution in [0.2, 0.25) is 0 Å². The Hall–Kier alpha value is -2.83. The van der Waals surface area contributed by atoms with Gasteiger partial charge in [0, 0.05) is 17.3 Å². The molecular formula is C16H17N3O4. The van der Waals surface area contributed by atoms with Gasteiger partial charge in [-0.1, -0.05) is 0 Å². The van der Waals surface area contributed by atoms with Gasteiger partial charge in [0.1, 0.15) is 5.75 Å². The number of aliphatic carboxylic acids is 1. The molecule has 0 unspecified atom stereocenters. The van der Waals surface area contributed by atoms with Gasteiger partial charge in [0.05, 0.1) is 0 Å². The third-order valence-corrected chi connectivity index (χ3v) is 3.66. The maximum Gasteiger partial charge on any atom is 0.341 e. The number of carbonyl (C=O) groups excluding carboxylic acids is 1. The first-order valence-electron chi connectivity index (χ1n) is 7.35. The summed E-state index contributed by atoms with van der Waals surface area (Å²) >= 11 is 0. The zero-order chi connectivity index (χ0) is 16.4. The molecule has 1 heterocycles. The second-order valence-corrected chi connectivity index (χ2v) is 5.60. The molecule has 1 saturated carbocycles. The van der Waals surface area contributed by atoms with Crippen molar-refractivity contribution in [3.63, 3.8) is 0 Å². The average molecular weight is 315 g/mol. The Morgan fingerprint density at radius 3 is 2.83 bits per heavy atom. The summed E-state index contributed by atoms with van der Waals surface area (Å²) in [5.74, 6) is -0.365. The third kappa shape index (κ3) is 3.68. The number of aromatic amines is 1. The molecule has 1 amide bonds. The zero-order valence-corrected chi connectivity index (χ0v) is 12.6. The minimum Gasteiger partial charge on any atom is -0.482 e. The van der Waals surface area contributed by atoms with E-state index in [4.69, 9.17) is 9.84 Å². The number of rotatable bonds is 6. The number of anilines is 1. The SMILES string of the molecule is Cc1cc(OCC(=O)O)ccc1NC(=O)c1cc(C2CC2)[nH]n1. The Labute approximate surface area is 132 Å². The van der Waals surface area contributed by atoms with Crippen molar-refractivity contribution in [2.45, 2.75) is 25.7 Å². The molecule has 0 saturated heterocycles. The van der Waals surface area contributed by atoms with Crippen molar-refractivity contribution >= 4 is 17.6 Å². The normalized spacial score (nSPS) is 13.6. The summed E-state index contributed by atoms with van der Waals surface area (Å²) in [6.45, 7) is 1.41. The monoisotopic (exact) mass is 315 g/mol. The minimum atomic E-state index is -1.04. The molecule has 1 fully saturated rings. The summed E-state index contributed by atoms with van der Waals surface area (Å²) in [4.78, 5) is 22.7. The van der Waals surface area contributed by atoms with E-state index in [9.17, 15) is 9.59 Å². The minimum absolute atomic E-state index is 0.282. The molecule has 2 aromatic rings. The maximum atomic E-state index is 12.2. The van der Waals surface area contributed by atoms with Gasteiger partial charge in [-0.3, -0.25) is 9.89 Å². The number of hydrogen-bond donors (Lipinski definition) is 3. The number of H-pyrrole nitrogens is 1. The van der Waals surface area contributed by atoms with E-state index in [2.05, 4.69) is 15.5 Å². The Morgan fingerprint density at radius 1 is 1.39 bits per heavy atom. The van der Waals surface area contributed by atoms with Crippen LogP contribution in [-0.2, 0) is 4.79 Å². The summed E-state index contributed by atoms with van der Waals surface area (Å²) in [5, 5.41) is 18.3. The van der Waals surface area contributed by atoms with E-state index in [0.29, 0.717) is 23.0 Å². The molecule has 0 radical (unpaired) electrons. The highest BCUT2D eigenvalue weighted by Crippen LogP contribution is 2.39. The van der Waals surface area contributed by atoms with E-state index < -0.39 is 12.6 Å². The summed E-state index contributed by atoms with van der Waals surface area (Å²) in [5.41, 5.74) is 2.77. The fourth-order valence-electron chi connectivity index (χ4n) is 2.25. The number of amides is 1. The van der Waals surface area contributed by atoms with Gasteiger partial charge in [-0.2, -0.15) is 5.10 Å². The molecule has 1 aliphatic carbocycles. The third-order valence-electron chi connectivity index (χ3n) is 3.66. The van der Waals surface area contributed by atoms with Crippen LogP contribution in [0.25, 0.3) is 0 Å². The van der Waals surface area contributed by atoms with Gasteiger partial charge in [-0.05, 0) is 49.6 Å². The summed E-state index contributed by atoms with van der Waals surface area (Å²) in [6, 6.07) is 6.76. The maximum absolute atomic E-state index is 12.2. The number of nitrogens with one attached hydrogen (secondary N) is 2. The van der Waals surface area contributed by atoms with Gasteiger partial charge in [-0.15, -0.1) is 0 Å². The number of ether oxygens (including phenoxy) is 1. The van der Waals surface area contributed by atoms with Gasteiger partial charge in [-0.25, -0.2) is 4.79 Å². The molecule has 120 valence electrons. The van der Waals surface area contributed by atoms with Crippen molar-refractivity contribution in [2.75, 3.05) is 11.9 Å². The first-order valence-corrected chi connectivity index (χ1v) is 7.35. The van der Waals surface area contributed by atoms with Crippen molar-refractivity contribution in [1.82, 2.24) is 10.2 Å². The molecule has 1 aromatic carbocycles. The number of carbonyl (C=O) groups is 2. The highest BCUT2D eigenvalue weighted by molar-refractivity contribution is 6.03. The summed E-state index contributed by atoms with van der Waals surface area (Å²) in [7, 11) is 0. The van der Waals surface area contributed by atoms with E-state index in [1.54, 1.807) is 24.3 Å².